The molecule has 0 unspecified atom stereocenters. The minimum absolute atomic E-state index is 0.0418. The minimum Gasteiger partial charge on any atom is -0.476 e. The lowest BCUT2D eigenvalue weighted by Crippen LogP contribution is -2.03. The second-order valence-electron chi connectivity index (χ2n) is 4.18. The highest BCUT2D eigenvalue weighted by Crippen LogP contribution is 2.26. The zero-order chi connectivity index (χ0) is 15.0. The molecule has 0 fully saturated rings. The summed E-state index contributed by atoms with van der Waals surface area (Å²) < 4.78 is 32.6. The Bertz CT molecular complexity index is 845. The summed E-state index contributed by atoms with van der Waals surface area (Å²) in [4.78, 5) is 15.4. The summed E-state index contributed by atoms with van der Waals surface area (Å²) in [5.41, 5.74) is 0.169. The van der Waals surface area contributed by atoms with Gasteiger partial charge in [-0.05, 0) is 24.3 Å². The van der Waals surface area contributed by atoms with E-state index in [0.717, 1.165) is 12.1 Å². The highest BCUT2D eigenvalue weighted by atomic mass is 19.2. The Labute approximate surface area is 117 Å². The molecule has 0 bridgehead atoms. The van der Waals surface area contributed by atoms with Gasteiger partial charge in [-0.3, -0.25) is 4.40 Å². The van der Waals surface area contributed by atoms with Crippen molar-refractivity contribution in [1.82, 2.24) is 9.38 Å². The van der Waals surface area contributed by atoms with Crippen LogP contribution in [0.1, 0.15) is 10.5 Å². The Morgan fingerprint density at radius 1 is 1.19 bits per heavy atom. The van der Waals surface area contributed by atoms with Gasteiger partial charge in [0, 0.05) is 12.3 Å². The molecule has 7 heteroatoms. The van der Waals surface area contributed by atoms with Gasteiger partial charge < -0.3 is 9.84 Å². The number of fused-ring (bicyclic) bond motifs is 1. The lowest BCUT2D eigenvalue weighted by Gasteiger charge is -2.04. The van der Waals surface area contributed by atoms with E-state index in [4.69, 9.17) is 4.74 Å². The monoisotopic (exact) mass is 290 g/mol. The molecule has 106 valence electrons. The smallest absolute Gasteiger partial charge is 0.358 e. The molecule has 2 heterocycles. The topological polar surface area (TPSA) is 63.8 Å². The summed E-state index contributed by atoms with van der Waals surface area (Å²) in [6.07, 6.45) is 1.52. The molecule has 0 saturated carbocycles. The molecule has 0 radical (unpaired) electrons. The molecular weight excluding hydrogens is 282 g/mol. The first-order valence-electron chi connectivity index (χ1n) is 5.89. The molecule has 2 aromatic heterocycles. The quantitative estimate of drug-likeness (QED) is 0.805. The van der Waals surface area contributed by atoms with Crippen LogP contribution in [0.2, 0.25) is 0 Å². The second kappa shape index (κ2) is 4.86. The summed E-state index contributed by atoms with van der Waals surface area (Å²) in [5.74, 6) is -3.59. The minimum atomic E-state index is -1.24. The van der Waals surface area contributed by atoms with E-state index in [1.807, 2.05) is 0 Å². The van der Waals surface area contributed by atoms with E-state index in [2.05, 4.69) is 4.98 Å². The average molecular weight is 290 g/mol. The fraction of sp³-hybridized carbons (Fsp3) is 0. The summed E-state index contributed by atoms with van der Waals surface area (Å²) in [7, 11) is 0. The van der Waals surface area contributed by atoms with Crippen LogP contribution in [0.25, 0.3) is 5.65 Å². The zero-order valence-corrected chi connectivity index (χ0v) is 10.5. The van der Waals surface area contributed by atoms with Crippen molar-refractivity contribution >= 4 is 11.6 Å². The fourth-order valence-electron chi connectivity index (χ4n) is 1.89. The summed E-state index contributed by atoms with van der Waals surface area (Å²) >= 11 is 0. The number of benzene rings is 1. The van der Waals surface area contributed by atoms with Crippen molar-refractivity contribution in [3.05, 3.63) is 59.9 Å². The van der Waals surface area contributed by atoms with E-state index in [9.17, 15) is 18.7 Å². The van der Waals surface area contributed by atoms with Crippen LogP contribution >= 0.6 is 0 Å². The first kappa shape index (κ1) is 13.0. The van der Waals surface area contributed by atoms with Crippen molar-refractivity contribution in [2.24, 2.45) is 0 Å². The first-order chi connectivity index (χ1) is 10.1. The van der Waals surface area contributed by atoms with Gasteiger partial charge in [-0.25, -0.2) is 13.6 Å². The number of hydrogen-bond donors (Lipinski definition) is 1. The van der Waals surface area contributed by atoms with Gasteiger partial charge in [-0.15, -0.1) is 0 Å². The molecule has 3 rings (SSSR count). The first-order valence-corrected chi connectivity index (χ1v) is 5.89. The van der Waals surface area contributed by atoms with E-state index >= 15 is 0 Å². The lowest BCUT2D eigenvalue weighted by atomic mass is 10.3. The van der Waals surface area contributed by atoms with Gasteiger partial charge in [0.1, 0.15) is 11.4 Å². The lowest BCUT2D eigenvalue weighted by molar-refractivity contribution is 0.0686. The molecule has 0 spiro atoms. The molecular formula is C14H8F2N2O3. The van der Waals surface area contributed by atoms with Crippen LogP contribution in [0.15, 0.2) is 42.6 Å². The number of hydrogen-bond acceptors (Lipinski definition) is 3. The number of aromatic nitrogens is 2. The van der Waals surface area contributed by atoms with Crippen LogP contribution in [0.3, 0.4) is 0 Å². The Balaban J connectivity index is 2.09. The molecule has 0 amide bonds. The van der Waals surface area contributed by atoms with Crippen molar-refractivity contribution in [3.8, 4) is 11.6 Å². The molecule has 1 N–H and O–H groups in total. The molecule has 1 aromatic carbocycles. The Morgan fingerprint density at radius 3 is 2.71 bits per heavy atom. The Hall–Kier alpha value is -2.96. The molecule has 0 saturated heterocycles. The van der Waals surface area contributed by atoms with Crippen LogP contribution in [-0.2, 0) is 0 Å². The van der Waals surface area contributed by atoms with Crippen LogP contribution in [0.5, 0.6) is 11.6 Å². The van der Waals surface area contributed by atoms with E-state index in [-0.39, 0.29) is 17.3 Å². The number of halogens is 2. The average Bonchev–Trinajstić information content (AvgIpc) is 2.80. The number of imidazole rings is 1. The third kappa shape index (κ3) is 2.29. The second-order valence-corrected chi connectivity index (χ2v) is 4.18. The van der Waals surface area contributed by atoms with E-state index in [1.165, 1.54) is 16.7 Å². The molecule has 0 aliphatic carbocycles. The number of nitrogens with zero attached hydrogens (tertiary/aromatic N) is 2. The maximum absolute atomic E-state index is 13.1. The third-order valence-corrected chi connectivity index (χ3v) is 2.81. The fourth-order valence-corrected chi connectivity index (χ4v) is 1.89. The van der Waals surface area contributed by atoms with Gasteiger partial charge in [-0.2, -0.15) is 4.98 Å². The SMILES string of the molecule is O=C(O)c1c(Oc2ccc(F)c(F)c2)nc2ccccn12. The van der Waals surface area contributed by atoms with Gasteiger partial charge in [-0.1, -0.05) is 6.07 Å². The normalized spacial score (nSPS) is 10.8. The number of pyridine rings is 1. The van der Waals surface area contributed by atoms with E-state index in [1.54, 1.807) is 18.2 Å². The van der Waals surface area contributed by atoms with Gasteiger partial charge in [0.15, 0.2) is 17.3 Å². The van der Waals surface area contributed by atoms with Gasteiger partial charge in [0.25, 0.3) is 5.88 Å². The number of rotatable bonds is 3. The predicted molar refractivity (Wildman–Crippen MR) is 68.6 cm³/mol. The van der Waals surface area contributed by atoms with Crippen LogP contribution in [-0.4, -0.2) is 20.5 Å². The molecule has 3 aromatic rings. The summed E-state index contributed by atoms with van der Waals surface area (Å²) in [6.45, 7) is 0. The number of carboxylic acid groups (broad SMARTS) is 1. The molecule has 0 aliphatic rings. The van der Waals surface area contributed by atoms with Crippen molar-refractivity contribution in [1.29, 1.82) is 0 Å². The van der Waals surface area contributed by atoms with Crippen LogP contribution in [0.4, 0.5) is 8.78 Å². The molecule has 0 aliphatic heterocycles. The van der Waals surface area contributed by atoms with E-state index in [0.29, 0.717) is 5.65 Å². The number of carbonyl (C=O) groups is 1. The molecule has 0 atom stereocenters. The Kier molecular flexibility index (Phi) is 3.02. The number of ether oxygens (including phenoxy) is 1. The maximum atomic E-state index is 13.1. The van der Waals surface area contributed by atoms with Crippen molar-refractivity contribution in [3.63, 3.8) is 0 Å². The highest BCUT2D eigenvalue weighted by molar-refractivity contribution is 5.89. The predicted octanol–water partition coefficient (Wildman–Crippen LogP) is 3.10. The van der Waals surface area contributed by atoms with Crippen LogP contribution < -0.4 is 4.74 Å². The highest BCUT2D eigenvalue weighted by Gasteiger charge is 2.20. The standard InChI is InChI=1S/C14H8F2N2O3/c15-9-5-4-8(7-10(9)16)21-13-12(14(19)20)18-6-2-1-3-11(18)17-13/h1-7H,(H,19,20). The summed E-state index contributed by atoms with van der Waals surface area (Å²) in [5, 5.41) is 9.25. The molecule has 5 nitrogen and oxygen atoms in total. The zero-order valence-electron chi connectivity index (χ0n) is 10.5. The van der Waals surface area contributed by atoms with Crippen molar-refractivity contribution < 1.29 is 23.4 Å². The Morgan fingerprint density at radius 2 is 2.00 bits per heavy atom. The third-order valence-electron chi connectivity index (χ3n) is 2.81. The van der Waals surface area contributed by atoms with Crippen molar-refractivity contribution in [2.45, 2.75) is 0 Å². The summed E-state index contributed by atoms with van der Waals surface area (Å²) in [6, 6.07) is 7.84. The van der Waals surface area contributed by atoms with E-state index < -0.39 is 17.6 Å². The van der Waals surface area contributed by atoms with Crippen LogP contribution in [0, 0.1) is 11.6 Å². The largest absolute Gasteiger partial charge is 0.476 e. The maximum Gasteiger partial charge on any atom is 0.358 e. The number of aromatic carboxylic acids is 1. The van der Waals surface area contributed by atoms with Gasteiger partial charge in [0.05, 0.1) is 0 Å². The van der Waals surface area contributed by atoms with Gasteiger partial charge in [0.2, 0.25) is 0 Å². The number of carboxylic acids is 1. The van der Waals surface area contributed by atoms with Gasteiger partial charge >= 0.3 is 5.97 Å². The molecule has 21 heavy (non-hydrogen) atoms. The van der Waals surface area contributed by atoms with Crippen molar-refractivity contribution in [2.75, 3.05) is 0 Å².